The lowest BCUT2D eigenvalue weighted by molar-refractivity contribution is 0.00293. The number of aromatic nitrogens is 1. The predicted molar refractivity (Wildman–Crippen MR) is 75.9 cm³/mol. The summed E-state index contributed by atoms with van der Waals surface area (Å²) < 4.78 is 5.51. The van der Waals surface area contributed by atoms with Gasteiger partial charge in [-0.1, -0.05) is 23.2 Å². The van der Waals surface area contributed by atoms with E-state index in [-0.39, 0.29) is 0 Å². The van der Waals surface area contributed by atoms with Crippen molar-refractivity contribution in [2.75, 3.05) is 24.3 Å². The molecule has 1 aromatic rings. The van der Waals surface area contributed by atoms with Gasteiger partial charge >= 0.3 is 0 Å². The smallest absolute Gasteiger partial charge is 0.147 e. The lowest BCUT2D eigenvalue weighted by atomic mass is 9.89. The minimum atomic E-state index is 0.363. The molecule has 1 saturated carbocycles. The van der Waals surface area contributed by atoms with E-state index in [0.717, 1.165) is 19.4 Å². The highest BCUT2D eigenvalue weighted by molar-refractivity contribution is 6.37. The summed E-state index contributed by atoms with van der Waals surface area (Å²) in [6.45, 7) is 2.78. The van der Waals surface area contributed by atoms with Gasteiger partial charge in [0, 0.05) is 19.7 Å². The molecule has 0 amide bonds. The van der Waals surface area contributed by atoms with Gasteiger partial charge in [0.25, 0.3) is 0 Å². The highest BCUT2D eigenvalue weighted by Crippen LogP contribution is 2.32. The lowest BCUT2D eigenvalue weighted by Gasteiger charge is -2.35. The van der Waals surface area contributed by atoms with Gasteiger partial charge in [-0.25, -0.2) is 4.98 Å². The quantitative estimate of drug-likeness (QED) is 0.872. The summed E-state index contributed by atoms with van der Waals surface area (Å²) >= 11 is 12.1. The Morgan fingerprint density at radius 1 is 1.33 bits per heavy atom. The maximum Gasteiger partial charge on any atom is 0.147 e. The molecule has 0 aromatic carbocycles. The molecule has 1 aliphatic carbocycles. The van der Waals surface area contributed by atoms with E-state index in [0.29, 0.717) is 33.8 Å². The van der Waals surface area contributed by atoms with Gasteiger partial charge in [-0.05, 0) is 25.8 Å². The zero-order valence-electron chi connectivity index (χ0n) is 10.5. The fourth-order valence-corrected chi connectivity index (χ4v) is 2.50. The number of rotatable bonds is 5. The highest BCUT2D eigenvalue weighted by Gasteiger charge is 2.30. The Morgan fingerprint density at radius 2 is 2.00 bits per heavy atom. The Kier molecular flexibility index (Phi) is 4.54. The number of hydrogen-bond acceptors (Lipinski definition) is 4. The monoisotopic (exact) mass is 289 g/mol. The molecule has 1 aliphatic rings. The second-order valence-corrected chi connectivity index (χ2v) is 5.10. The number of hydrogen-bond donors (Lipinski definition) is 2. The fraction of sp³-hybridized carbons (Fsp3) is 0.583. The molecule has 100 valence electrons. The van der Waals surface area contributed by atoms with Gasteiger partial charge in [-0.15, -0.1) is 0 Å². The molecule has 2 rings (SSSR count). The minimum absolute atomic E-state index is 0.363. The number of nitrogens with zero attached hydrogens (tertiary/aromatic N) is 1. The van der Waals surface area contributed by atoms with E-state index in [1.54, 1.807) is 13.1 Å². The standard InChI is InChI=1S/C12H17Cl2N3O/c1-3-18-8-4-7(5-8)16-12-10(14)6-9(13)11(15-2)17-12/h6-8H,3-5H2,1-2H3,(H2,15,16,17). The minimum Gasteiger partial charge on any atom is -0.378 e. The van der Waals surface area contributed by atoms with Gasteiger partial charge in [0.15, 0.2) is 0 Å². The topological polar surface area (TPSA) is 46.2 Å². The summed E-state index contributed by atoms with van der Waals surface area (Å²) in [5.41, 5.74) is 0. The Labute approximate surface area is 117 Å². The number of ether oxygens (including phenoxy) is 1. The van der Waals surface area contributed by atoms with E-state index in [2.05, 4.69) is 15.6 Å². The zero-order chi connectivity index (χ0) is 13.1. The van der Waals surface area contributed by atoms with Crippen molar-refractivity contribution in [3.8, 4) is 0 Å². The third-order valence-corrected chi connectivity index (χ3v) is 3.58. The van der Waals surface area contributed by atoms with Crippen LogP contribution in [0.4, 0.5) is 11.6 Å². The van der Waals surface area contributed by atoms with Crippen LogP contribution in [-0.2, 0) is 4.74 Å². The predicted octanol–water partition coefficient (Wildman–Crippen LogP) is 3.41. The van der Waals surface area contributed by atoms with Crippen molar-refractivity contribution >= 4 is 34.8 Å². The van der Waals surface area contributed by atoms with Crippen molar-refractivity contribution in [3.05, 3.63) is 16.1 Å². The van der Waals surface area contributed by atoms with Gasteiger partial charge in [0.05, 0.1) is 16.1 Å². The highest BCUT2D eigenvalue weighted by atomic mass is 35.5. The van der Waals surface area contributed by atoms with Crippen LogP contribution < -0.4 is 10.6 Å². The number of anilines is 2. The molecule has 6 heteroatoms. The molecule has 0 radical (unpaired) electrons. The molecule has 0 atom stereocenters. The molecule has 4 nitrogen and oxygen atoms in total. The largest absolute Gasteiger partial charge is 0.378 e. The van der Waals surface area contributed by atoms with Crippen LogP contribution in [0.1, 0.15) is 19.8 Å². The Balaban J connectivity index is 1.98. The third kappa shape index (κ3) is 2.99. The molecule has 0 bridgehead atoms. The van der Waals surface area contributed by atoms with Crippen molar-refractivity contribution in [1.82, 2.24) is 4.98 Å². The van der Waals surface area contributed by atoms with Gasteiger partial charge in [0.2, 0.25) is 0 Å². The summed E-state index contributed by atoms with van der Waals surface area (Å²) in [5, 5.41) is 7.31. The number of nitrogens with one attached hydrogen (secondary N) is 2. The molecule has 0 aliphatic heterocycles. The molecular formula is C12H17Cl2N3O. The average Bonchev–Trinajstić information content (AvgIpc) is 2.29. The van der Waals surface area contributed by atoms with E-state index in [4.69, 9.17) is 27.9 Å². The third-order valence-electron chi connectivity index (χ3n) is 3.00. The van der Waals surface area contributed by atoms with Gasteiger partial charge in [0.1, 0.15) is 11.6 Å². The fourth-order valence-electron chi connectivity index (χ4n) is 1.99. The first-order valence-electron chi connectivity index (χ1n) is 6.06. The average molecular weight is 290 g/mol. The first kappa shape index (κ1) is 13.7. The summed E-state index contributed by atoms with van der Waals surface area (Å²) in [5.74, 6) is 1.30. The lowest BCUT2D eigenvalue weighted by Crippen LogP contribution is -2.41. The van der Waals surface area contributed by atoms with Crippen molar-refractivity contribution < 1.29 is 4.74 Å². The molecule has 1 fully saturated rings. The molecular weight excluding hydrogens is 273 g/mol. The summed E-state index contributed by atoms with van der Waals surface area (Å²) in [6, 6.07) is 2.07. The maximum atomic E-state index is 6.11. The van der Waals surface area contributed by atoms with Crippen molar-refractivity contribution in [2.45, 2.75) is 31.9 Å². The van der Waals surface area contributed by atoms with Crippen LogP contribution in [0.2, 0.25) is 10.0 Å². The van der Waals surface area contributed by atoms with Gasteiger partial charge < -0.3 is 15.4 Å². The maximum absolute atomic E-state index is 6.11. The van der Waals surface area contributed by atoms with Crippen LogP contribution in [0.5, 0.6) is 0 Å². The van der Waals surface area contributed by atoms with Gasteiger partial charge in [-0.2, -0.15) is 0 Å². The Hall–Kier alpha value is -0.710. The molecule has 1 aromatic heterocycles. The van der Waals surface area contributed by atoms with Crippen LogP contribution in [-0.4, -0.2) is 30.8 Å². The molecule has 0 saturated heterocycles. The van der Waals surface area contributed by atoms with Crippen LogP contribution >= 0.6 is 23.2 Å². The summed E-state index contributed by atoms with van der Waals surface area (Å²) in [6.07, 6.45) is 2.34. The van der Waals surface area contributed by atoms with Gasteiger partial charge in [-0.3, -0.25) is 0 Å². The Bertz CT molecular complexity index is 422. The molecule has 1 heterocycles. The van der Waals surface area contributed by atoms with Crippen LogP contribution in [0.3, 0.4) is 0 Å². The first-order valence-corrected chi connectivity index (χ1v) is 6.81. The molecule has 2 N–H and O–H groups in total. The molecule has 0 spiro atoms. The van der Waals surface area contributed by atoms with E-state index in [9.17, 15) is 0 Å². The second kappa shape index (κ2) is 5.95. The molecule has 0 unspecified atom stereocenters. The normalized spacial score (nSPS) is 22.4. The van der Waals surface area contributed by atoms with Crippen molar-refractivity contribution in [3.63, 3.8) is 0 Å². The molecule has 18 heavy (non-hydrogen) atoms. The van der Waals surface area contributed by atoms with Crippen LogP contribution in [0.15, 0.2) is 6.07 Å². The van der Waals surface area contributed by atoms with Crippen LogP contribution in [0, 0.1) is 0 Å². The Morgan fingerprint density at radius 3 is 2.61 bits per heavy atom. The number of halogens is 2. The summed E-state index contributed by atoms with van der Waals surface area (Å²) in [4.78, 5) is 4.36. The summed E-state index contributed by atoms with van der Waals surface area (Å²) in [7, 11) is 1.78. The first-order chi connectivity index (χ1) is 8.63. The van der Waals surface area contributed by atoms with E-state index >= 15 is 0 Å². The van der Waals surface area contributed by atoms with Crippen LogP contribution in [0.25, 0.3) is 0 Å². The van der Waals surface area contributed by atoms with Crippen molar-refractivity contribution in [2.24, 2.45) is 0 Å². The SMILES string of the molecule is CCOC1CC(Nc2nc(NC)c(Cl)cc2Cl)C1. The number of pyridine rings is 1. The van der Waals surface area contributed by atoms with E-state index < -0.39 is 0 Å². The second-order valence-electron chi connectivity index (χ2n) is 4.29. The van der Waals surface area contributed by atoms with E-state index in [1.165, 1.54) is 0 Å². The van der Waals surface area contributed by atoms with Crippen molar-refractivity contribution in [1.29, 1.82) is 0 Å². The van der Waals surface area contributed by atoms with E-state index in [1.807, 2.05) is 6.92 Å². The zero-order valence-corrected chi connectivity index (χ0v) is 12.0.